The van der Waals surface area contributed by atoms with E-state index in [0.717, 1.165) is 25.3 Å². The van der Waals surface area contributed by atoms with Crippen LogP contribution in [0.25, 0.3) is 0 Å². The highest BCUT2D eigenvalue weighted by Crippen LogP contribution is 2.13. The standard InChI is InChI=1S/C10H21N5/c1-5-11-7-9(8(2)3)6-10-12-14-15(4)13-10/h8-9,11H,5-7H2,1-4H3. The number of aromatic nitrogens is 4. The van der Waals surface area contributed by atoms with Crippen molar-refractivity contribution in [2.24, 2.45) is 18.9 Å². The van der Waals surface area contributed by atoms with Crippen LogP contribution in [-0.4, -0.2) is 33.3 Å². The molecular formula is C10H21N5. The van der Waals surface area contributed by atoms with Crippen LogP contribution < -0.4 is 5.32 Å². The van der Waals surface area contributed by atoms with E-state index in [2.05, 4.69) is 41.5 Å². The number of tetrazole rings is 1. The minimum atomic E-state index is 0.578. The Morgan fingerprint density at radius 2 is 2.13 bits per heavy atom. The predicted molar refractivity (Wildman–Crippen MR) is 59.4 cm³/mol. The van der Waals surface area contributed by atoms with Crippen molar-refractivity contribution in [1.82, 2.24) is 25.5 Å². The van der Waals surface area contributed by atoms with Gasteiger partial charge in [-0.05, 0) is 30.1 Å². The molecule has 1 aromatic rings. The molecule has 0 saturated heterocycles. The van der Waals surface area contributed by atoms with Crippen LogP contribution in [0.1, 0.15) is 26.6 Å². The van der Waals surface area contributed by atoms with Crippen molar-refractivity contribution < 1.29 is 0 Å². The van der Waals surface area contributed by atoms with Gasteiger partial charge in [-0.15, -0.1) is 10.2 Å². The summed E-state index contributed by atoms with van der Waals surface area (Å²) in [6, 6.07) is 0. The van der Waals surface area contributed by atoms with Gasteiger partial charge in [0, 0.05) is 6.42 Å². The molecule has 1 rings (SSSR count). The fraction of sp³-hybridized carbons (Fsp3) is 0.900. The third-order valence-electron chi connectivity index (χ3n) is 2.59. The van der Waals surface area contributed by atoms with E-state index in [1.807, 2.05) is 0 Å². The first-order valence-corrected chi connectivity index (χ1v) is 5.57. The summed E-state index contributed by atoms with van der Waals surface area (Å²) in [5.74, 6) is 2.05. The van der Waals surface area contributed by atoms with Gasteiger partial charge in [0.15, 0.2) is 5.82 Å². The summed E-state index contributed by atoms with van der Waals surface area (Å²) in [5, 5.41) is 15.4. The second kappa shape index (κ2) is 5.80. The van der Waals surface area contributed by atoms with Crippen molar-refractivity contribution >= 4 is 0 Å². The van der Waals surface area contributed by atoms with Crippen molar-refractivity contribution in [3.05, 3.63) is 5.82 Å². The molecule has 5 nitrogen and oxygen atoms in total. The first-order chi connectivity index (χ1) is 7.13. The third-order valence-corrected chi connectivity index (χ3v) is 2.59. The molecule has 1 aromatic heterocycles. The molecule has 0 saturated carbocycles. The number of nitrogens with one attached hydrogen (secondary N) is 1. The average Bonchev–Trinajstić information content (AvgIpc) is 2.58. The van der Waals surface area contributed by atoms with Gasteiger partial charge in [-0.1, -0.05) is 20.8 Å². The molecule has 1 N–H and O–H groups in total. The average molecular weight is 211 g/mol. The van der Waals surface area contributed by atoms with Crippen LogP contribution in [0.15, 0.2) is 0 Å². The lowest BCUT2D eigenvalue weighted by atomic mass is 9.92. The molecule has 0 aliphatic carbocycles. The molecule has 1 heterocycles. The number of hydrogen-bond acceptors (Lipinski definition) is 4. The van der Waals surface area contributed by atoms with E-state index in [0.29, 0.717) is 11.8 Å². The Labute approximate surface area is 91.2 Å². The molecule has 1 unspecified atom stereocenters. The van der Waals surface area contributed by atoms with E-state index in [1.54, 1.807) is 7.05 Å². The second-order valence-electron chi connectivity index (χ2n) is 4.21. The minimum absolute atomic E-state index is 0.578. The largest absolute Gasteiger partial charge is 0.317 e. The summed E-state index contributed by atoms with van der Waals surface area (Å²) < 4.78 is 0. The number of hydrogen-bond donors (Lipinski definition) is 1. The number of rotatable bonds is 6. The first-order valence-electron chi connectivity index (χ1n) is 5.57. The quantitative estimate of drug-likeness (QED) is 0.750. The SMILES string of the molecule is CCNCC(Cc1nnn(C)n1)C(C)C. The van der Waals surface area contributed by atoms with Gasteiger partial charge in [0.1, 0.15) is 0 Å². The maximum absolute atomic E-state index is 4.21. The molecule has 0 bridgehead atoms. The molecule has 0 amide bonds. The monoisotopic (exact) mass is 211 g/mol. The van der Waals surface area contributed by atoms with Crippen LogP contribution in [0.3, 0.4) is 0 Å². The highest BCUT2D eigenvalue weighted by atomic mass is 15.6. The Bertz CT molecular complexity index is 281. The summed E-state index contributed by atoms with van der Waals surface area (Å²) in [6.07, 6.45) is 0.901. The minimum Gasteiger partial charge on any atom is -0.317 e. The van der Waals surface area contributed by atoms with Gasteiger partial charge >= 0.3 is 0 Å². The Morgan fingerprint density at radius 3 is 2.60 bits per heavy atom. The lowest BCUT2D eigenvalue weighted by Gasteiger charge is -2.19. The third kappa shape index (κ3) is 3.95. The van der Waals surface area contributed by atoms with Crippen LogP contribution in [0.2, 0.25) is 0 Å². The zero-order chi connectivity index (χ0) is 11.3. The normalized spacial score (nSPS) is 13.4. The summed E-state index contributed by atoms with van der Waals surface area (Å²) in [5.41, 5.74) is 0. The summed E-state index contributed by atoms with van der Waals surface area (Å²) in [6.45, 7) is 8.62. The lowest BCUT2D eigenvalue weighted by molar-refractivity contribution is 0.357. The summed E-state index contributed by atoms with van der Waals surface area (Å²) in [7, 11) is 1.80. The van der Waals surface area contributed by atoms with Crippen molar-refractivity contribution in [2.45, 2.75) is 27.2 Å². The number of nitrogens with zero attached hydrogens (tertiary/aromatic N) is 4. The fourth-order valence-corrected chi connectivity index (χ4v) is 1.51. The van der Waals surface area contributed by atoms with Crippen molar-refractivity contribution in [3.8, 4) is 0 Å². The van der Waals surface area contributed by atoms with Gasteiger partial charge in [0.05, 0.1) is 7.05 Å². The van der Waals surface area contributed by atoms with E-state index in [9.17, 15) is 0 Å². The Morgan fingerprint density at radius 1 is 1.40 bits per heavy atom. The molecule has 15 heavy (non-hydrogen) atoms. The van der Waals surface area contributed by atoms with Crippen LogP contribution in [0, 0.1) is 11.8 Å². The predicted octanol–water partition coefficient (Wildman–Crippen LogP) is 0.634. The van der Waals surface area contributed by atoms with Crippen molar-refractivity contribution in [2.75, 3.05) is 13.1 Å². The molecule has 0 spiro atoms. The molecule has 0 fully saturated rings. The van der Waals surface area contributed by atoms with E-state index in [1.165, 1.54) is 4.80 Å². The topological polar surface area (TPSA) is 55.6 Å². The number of aryl methyl sites for hydroxylation is 1. The Balaban J connectivity index is 2.50. The first kappa shape index (κ1) is 12.1. The van der Waals surface area contributed by atoms with Crippen LogP contribution in [-0.2, 0) is 13.5 Å². The molecule has 86 valence electrons. The summed E-state index contributed by atoms with van der Waals surface area (Å²) >= 11 is 0. The molecular weight excluding hydrogens is 190 g/mol. The van der Waals surface area contributed by atoms with Gasteiger partial charge in [0.2, 0.25) is 0 Å². The Hall–Kier alpha value is -0.970. The van der Waals surface area contributed by atoms with E-state index < -0.39 is 0 Å². The van der Waals surface area contributed by atoms with Crippen molar-refractivity contribution in [3.63, 3.8) is 0 Å². The van der Waals surface area contributed by atoms with E-state index in [-0.39, 0.29) is 0 Å². The van der Waals surface area contributed by atoms with E-state index >= 15 is 0 Å². The zero-order valence-corrected chi connectivity index (χ0v) is 10.1. The summed E-state index contributed by atoms with van der Waals surface area (Å²) in [4.78, 5) is 1.51. The molecule has 0 aliphatic heterocycles. The van der Waals surface area contributed by atoms with Crippen molar-refractivity contribution in [1.29, 1.82) is 0 Å². The highest BCUT2D eigenvalue weighted by Gasteiger charge is 2.16. The zero-order valence-electron chi connectivity index (χ0n) is 10.1. The van der Waals surface area contributed by atoms with Gasteiger partial charge in [0.25, 0.3) is 0 Å². The lowest BCUT2D eigenvalue weighted by Crippen LogP contribution is -2.28. The highest BCUT2D eigenvalue weighted by molar-refractivity contribution is 4.83. The second-order valence-corrected chi connectivity index (χ2v) is 4.21. The van der Waals surface area contributed by atoms with Crippen LogP contribution in [0.5, 0.6) is 0 Å². The van der Waals surface area contributed by atoms with Gasteiger partial charge in [-0.25, -0.2) is 0 Å². The molecule has 5 heteroatoms. The molecule has 0 aromatic carbocycles. The van der Waals surface area contributed by atoms with Gasteiger partial charge in [-0.3, -0.25) is 0 Å². The molecule has 1 atom stereocenters. The smallest absolute Gasteiger partial charge is 0.175 e. The molecule has 0 aliphatic rings. The van der Waals surface area contributed by atoms with Crippen LogP contribution >= 0.6 is 0 Å². The maximum Gasteiger partial charge on any atom is 0.175 e. The fourth-order valence-electron chi connectivity index (χ4n) is 1.51. The van der Waals surface area contributed by atoms with Crippen LogP contribution in [0.4, 0.5) is 0 Å². The van der Waals surface area contributed by atoms with E-state index in [4.69, 9.17) is 0 Å². The Kier molecular flexibility index (Phi) is 4.68. The molecule has 0 radical (unpaired) electrons. The van der Waals surface area contributed by atoms with Gasteiger partial charge < -0.3 is 5.32 Å². The van der Waals surface area contributed by atoms with Gasteiger partial charge in [-0.2, -0.15) is 4.80 Å². The maximum atomic E-state index is 4.21.